The van der Waals surface area contributed by atoms with Crippen molar-refractivity contribution in [2.24, 2.45) is 0 Å². The summed E-state index contributed by atoms with van der Waals surface area (Å²) in [6.07, 6.45) is 0. The van der Waals surface area contributed by atoms with Gasteiger partial charge in [-0.15, -0.1) is 5.10 Å². The van der Waals surface area contributed by atoms with Crippen LogP contribution in [0.25, 0.3) is 0 Å². The minimum Gasteiger partial charge on any atom is -0.353 e. The van der Waals surface area contributed by atoms with E-state index in [0.29, 0.717) is 6.04 Å². The molecule has 1 aromatic heterocycles. The van der Waals surface area contributed by atoms with E-state index in [1.54, 1.807) is 0 Å². The van der Waals surface area contributed by atoms with Crippen LogP contribution in [0.4, 0.5) is 5.82 Å². The molecule has 2 aromatic carbocycles. The van der Waals surface area contributed by atoms with Crippen molar-refractivity contribution < 1.29 is 0 Å². The van der Waals surface area contributed by atoms with E-state index in [1.807, 2.05) is 13.0 Å². The van der Waals surface area contributed by atoms with E-state index >= 15 is 0 Å². The molecule has 0 aliphatic carbocycles. The van der Waals surface area contributed by atoms with Gasteiger partial charge in [0.1, 0.15) is 0 Å². The average Bonchev–Trinajstić information content (AvgIpc) is 2.71. The predicted molar refractivity (Wildman–Crippen MR) is 105 cm³/mol. The number of rotatable bonds is 4. The zero-order valence-corrected chi connectivity index (χ0v) is 15.1. The maximum absolute atomic E-state index is 4.35. The van der Waals surface area contributed by atoms with Crippen molar-refractivity contribution >= 4 is 5.82 Å². The summed E-state index contributed by atoms with van der Waals surface area (Å²) in [7, 11) is 0. The molecule has 1 fully saturated rings. The van der Waals surface area contributed by atoms with E-state index in [9.17, 15) is 0 Å². The van der Waals surface area contributed by atoms with Gasteiger partial charge in [0.05, 0.1) is 11.7 Å². The molecule has 1 saturated heterocycles. The van der Waals surface area contributed by atoms with Gasteiger partial charge >= 0.3 is 0 Å². The summed E-state index contributed by atoms with van der Waals surface area (Å²) in [6, 6.07) is 26.0. The molecule has 0 amide bonds. The molecule has 0 radical (unpaired) electrons. The van der Waals surface area contributed by atoms with Gasteiger partial charge in [-0.25, -0.2) is 0 Å². The van der Waals surface area contributed by atoms with Crippen LogP contribution in [0.3, 0.4) is 0 Å². The molecule has 2 heterocycles. The van der Waals surface area contributed by atoms with Gasteiger partial charge in [0.2, 0.25) is 0 Å². The fourth-order valence-corrected chi connectivity index (χ4v) is 3.65. The van der Waals surface area contributed by atoms with Crippen molar-refractivity contribution in [1.82, 2.24) is 15.1 Å². The zero-order valence-electron chi connectivity index (χ0n) is 15.1. The molecule has 4 heteroatoms. The summed E-state index contributed by atoms with van der Waals surface area (Å²) < 4.78 is 0. The van der Waals surface area contributed by atoms with E-state index in [-0.39, 0.29) is 0 Å². The minimum atomic E-state index is 0.295. The third-order valence-electron chi connectivity index (χ3n) is 5.02. The van der Waals surface area contributed by atoms with Crippen molar-refractivity contribution in [2.45, 2.75) is 13.0 Å². The van der Waals surface area contributed by atoms with Crippen LogP contribution in [0.15, 0.2) is 72.8 Å². The molecule has 4 nitrogen and oxygen atoms in total. The monoisotopic (exact) mass is 344 g/mol. The first-order valence-corrected chi connectivity index (χ1v) is 9.20. The van der Waals surface area contributed by atoms with E-state index < -0.39 is 0 Å². The molecular formula is C22H24N4. The third-order valence-corrected chi connectivity index (χ3v) is 5.02. The molecule has 1 aliphatic heterocycles. The van der Waals surface area contributed by atoms with Crippen molar-refractivity contribution in [1.29, 1.82) is 0 Å². The second kappa shape index (κ2) is 7.67. The standard InChI is InChI=1S/C22H24N4/c1-18-12-13-21(24-23-18)25-14-16-26(17-15-25)22(19-8-4-2-5-9-19)20-10-6-3-7-11-20/h2-13,22H,14-17H2,1H3. The second-order valence-corrected chi connectivity index (χ2v) is 6.78. The third kappa shape index (κ3) is 3.60. The van der Waals surface area contributed by atoms with Gasteiger partial charge in [0.15, 0.2) is 5.82 Å². The minimum absolute atomic E-state index is 0.295. The molecule has 26 heavy (non-hydrogen) atoms. The van der Waals surface area contributed by atoms with Crippen LogP contribution < -0.4 is 4.90 Å². The van der Waals surface area contributed by atoms with Gasteiger partial charge in [-0.2, -0.15) is 5.10 Å². The number of hydrogen-bond acceptors (Lipinski definition) is 4. The number of benzene rings is 2. The first-order valence-electron chi connectivity index (χ1n) is 9.20. The number of nitrogens with zero attached hydrogens (tertiary/aromatic N) is 4. The summed E-state index contributed by atoms with van der Waals surface area (Å²) in [6.45, 7) is 5.91. The first kappa shape index (κ1) is 16.7. The molecule has 0 bridgehead atoms. The molecule has 0 saturated carbocycles. The lowest BCUT2D eigenvalue weighted by Crippen LogP contribution is -2.48. The largest absolute Gasteiger partial charge is 0.353 e. The molecule has 1 aliphatic rings. The highest BCUT2D eigenvalue weighted by Crippen LogP contribution is 2.29. The van der Waals surface area contributed by atoms with Crippen molar-refractivity contribution in [3.63, 3.8) is 0 Å². The van der Waals surface area contributed by atoms with Gasteiger partial charge in [-0.3, -0.25) is 4.90 Å². The fourth-order valence-electron chi connectivity index (χ4n) is 3.65. The zero-order chi connectivity index (χ0) is 17.8. The Balaban J connectivity index is 1.54. The molecule has 0 N–H and O–H groups in total. The van der Waals surface area contributed by atoms with E-state index in [1.165, 1.54) is 11.1 Å². The number of aromatic nitrogens is 2. The van der Waals surface area contributed by atoms with Crippen LogP contribution in [-0.2, 0) is 0 Å². The van der Waals surface area contributed by atoms with E-state index in [4.69, 9.17) is 0 Å². The highest BCUT2D eigenvalue weighted by atomic mass is 15.3. The first-order chi connectivity index (χ1) is 12.8. The molecule has 4 rings (SSSR count). The lowest BCUT2D eigenvalue weighted by molar-refractivity contribution is 0.212. The molecule has 132 valence electrons. The Morgan fingerprint density at radius 1 is 0.692 bits per heavy atom. The molecular weight excluding hydrogens is 320 g/mol. The highest BCUT2D eigenvalue weighted by molar-refractivity contribution is 5.38. The van der Waals surface area contributed by atoms with Crippen LogP contribution >= 0.6 is 0 Å². The van der Waals surface area contributed by atoms with Crippen molar-refractivity contribution in [3.05, 3.63) is 89.6 Å². The fraction of sp³-hybridized carbons (Fsp3) is 0.273. The highest BCUT2D eigenvalue weighted by Gasteiger charge is 2.26. The summed E-state index contributed by atoms with van der Waals surface area (Å²) in [4.78, 5) is 4.90. The second-order valence-electron chi connectivity index (χ2n) is 6.78. The number of aryl methyl sites for hydroxylation is 1. The maximum Gasteiger partial charge on any atom is 0.151 e. The number of anilines is 1. The van der Waals surface area contributed by atoms with E-state index in [0.717, 1.165) is 37.7 Å². The normalized spacial score (nSPS) is 15.4. The average molecular weight is 344 g/mol. The Labute approximate surface area is 155 Å². The Morgan fingerprint density at radius 2 is 1.27 bits per heavy atom. The Hall–Kier alpha value is -2.72. The van der Waals surface area contributed by atoms with Crippen LogP contribution in [0.1, 0.15) is 22.9 Å². The van der Waals surface area contributed by atoms with Crippen LogP contribution in [0.5, 0.6) is 0 Å². The van der Waals surface area contributed by atoms with Gasteiger partial charge < -0.3 is 4.90 Å². The Bertz CT molecular complexity index is 770. The molecule has 0 unspecified atom stereocenters. The summed E-state index contributed by atoms with van der Waals surface area (Å²) in [5.74, 6) is 0.978. The van der Waals surface area contributed by atoms with Crippen LogP contribution in [0.2, 0.25) is 0 Å². The van der Waals surface area contributed by atoms with Gasteiger partial charge in [0, 0.05) is 26.2 Å². The summed E-state index contributed by atoms with van der Waals surface area (Å²) in [5.41, 5.74) is 3.66. The van der Waals surface area contributed by atoms with E-state index in [2.05, 4.69) is 86.7 Å². The Morgan fingerprint density at radius 3 is 1.77 bits per heavy atom. The lowest BCUT2D eigenvalue weighted by atomic mass is 9.96. The topological polar surface area (TPSA) is 32.3 Å². The Kier molecular flexibility index (Phi) is 4.93. The predicted octanol–water partition coefficient (Wildman–Crippen LogP) is 3.70. The lowest BCUT2D eigenvalue weighted by Gasteiger charge is -2.40. The van der Waals surface area contributed by atoms with Gasteiger partial charge in [-0.1, -0.05) is 60.7 Å². The van der Waals surface area contributed by atoms with Crippen molar-refractivity contribution in [3.8, 4) is 0 Å². The number of hydrogen-bond donors (Lipinski definition) is 0. The summed E-state index contributed by atoms with van der Waals surface area (Å²) >= 11 is 0. The quantitative estimate of drug-likeness (QED) is 0.722. The smallest absolute Gasteiger partial charge is 0.151 e. The SMILES string of the molecule is Cc1ccc(N2CCN(C(c3ccccc3)c3ccccc3)CC2)nn1. The number of piperazine rings is 1. The maximum atomic E-state index is 4.35. The van der Waals surface area contributed by atoms with Crippen molar-refractivity contribution in [2.75, 3.05) is 31.1 Å². The molecule has 3 aromatic rings. The van der Waals surface area contributed by atoms with Gasteiger partial charge in [-0.05, 0) is 30.2 Å². The molecule has 0 atom stereocenters. The van der Waals surface area contributed by atoms with Crippen LogP contribution in [-0.4, -0.2) is 41.3 Å². The molecule has 0 spiro atoms. The summed E-state index contributed by atoms with van der Waals surface area (Å²) in [5, 5.41) is 8.54. The van der Waals surface area contributed by atoms with Crippen LogP contribution in [0, 0.1) is 6.92 Å². The van der Waals surface area contributed by atoms with Gasteiger partial charge in [0.25, 0.3) is 0 Å².